The quantitative estimate of drug-likeness (QED) is 0.550. The molecular weight excluding hydrogens is 338 g/mol. The number of aromatic amines is 1. The Kier molecular flexibility index (Phi) is 3.89. The number of anilines is 1. The summed E-state index contributed by atoms with van der Waals surface area (Å²) in [4.78, 5) is 23.5. The maximum Gasteiger partial charge on any atom is 0.326 e. The van der Waals surface area contributed by atoms with Crippen LogP contribution in [0.5, 0.6) is 0 Å². The van der Waals surface area contributed by atoms with Crippen LogP contribution in [0.1, 0.15) is 12.5 Å². The standard InChI is InChI=1S/C18H16ClN5O/c1-2-24-15-9-13-12(8-14(15)22-18(24)25)16(23-17(19)21-13)20-10-11-6-4-3-5-7-11/h3-9H,2,10H2,1H3,(H,22,25)(H,20,21,23). The number of nitrogens with one attached hydrogen (secondary N) is 2. The summed E-state index contributed by atoms with van der Waals surface area (Å²) in [6.07, 6.45) is 0. The number of hydrogen-bond acceptors (Lipinski definition) is 4. The highest BCUT2D eigenvalue weighted by Crippen LogP contribution is 2.26. The Labute approximate surface area is 148 Å². The maximum absolute atomic E-state index is 12.0. The molecule has 126 valence electrons. The first-order chi connectivity index (χ1) is 12.2. The van der Waals surface area contributed by atoms with Crippen molar-refractivity contribution in [1.82, 2.24) is 19.5 Å². The molecule has 0 saturated heterocycles. The number of rotatable bonds is 4. The molecule has 2 N–H and O–H groups in total. The molecule has 6 nitrogen and oxygen atoms in total. The lowest BCUT2D eigenvalue weighted by Crippen LogP contribution is -2.14. The second-order valence-corrected chi connectivity index (χ2v) is 6.08. The van der Waals surface area contributed by atoms with Gasteiger partial charge in [0.15, 0.2) is 0 Å². The zero-order valence-corrected chi connectivity index (χ0v) is 14.3. The summed E-state index contributed by atoms with van der Waals surface area (Å²) in [5, 5.41) is 4.30. The first kappa shape index (κ1) is 15.7. The second kappa shape index (κ2) is 6.22. The number of nitrogens with zero attached hydrogens (tertiary/aromatic N) is 3. The summed E-state index contributed by atoms with van der Waals surface area (Å²) >= 11 is 6.10. The van der Waals surface area contributed by atoms with Crippen molar-refractivity contribution in [1.29, 1.82) is 0 Å². The van der Waals surface area contributed by atoms with Gasteiger partial charge >= 0.3 is 5.69 Å². The number of H-pyrrole nitrogens is 1. The third-order valence-corrected chi connectivity index (χ3v) is 4.35. The van der Waals surface area contributed by atoms with Crippen LogP contribution in [-0.4, -0.2) is 19.5 Å². The van der Waals surface area contributed by atoms with Crippen LogP contribution in [0.15, 0.2) is 47.3 Å². The minimum absolute atomic E-state index is 0.134. The fourth-order valence-electron chi connectivity index (χ4n) is 2.98. The van der Waals surface area contributed by atoms with Crippen LogP contribution in [0, 0.1) is 0 Å². The van der Waals surface area contributed by atoms with Crippen molar-refractivity contribution in [2.24, 2.45) is 0 Å². The predicted octanol–water partition coefficient (Wildman–Crippen LogP) is 3.56. The van der Waals surface area contributed by atoms with E-state index in [4.69, 9.17) is 11.6 Å². The second-order valence-electron chi connectivity index (χ2n) is 5.74. The normalized spacial score (nSPS) is 11.3. The van der Waals surface area contributed by atoms with Crippen LogP contribution in [-0.2, 0) is 13.1 Å². The van der Waals surface area contributed by atoms with E-state index in [-0.39, 0.29) is 11.0 Å². The van der Waals surface area contributed by atoms with Crippen molar-refractivity contribution in [2.45, 2.75) is 20.0 Å². The average Bonchev–Trinajstić information content (AvgIpc) is 2.92. The van der Waals surface area contributed by atoms with E-state index in [0.717, 1.165) is 22.0 Å². The van der Waals surface area contributed by atoms with Crippen LogP contribution in [0.2, 0.25) is 5.28 Å². The molecule has 4 rings (SSSR count). The van der Waals surface area contributed by atoms with Gasteiger partial charge < -0.3 is 10.3 Å². The third kappa shape index (κ3) is 2.85. The maximum atomic E-state index is 12.0. The molecule has 0 aliphatic carbocycles. The Hall–Kier alpha value is -2.86. The smallest absolute Gasteiger partial charge is 0.326 e. The Morgan fingerprint density at radius 1 is 1.20 bits per heavy atom. The number of halogens is 1. The molecule has 0 unspecified atom stereocenters. The van der Waals surface area contributed by atoms with Gasteiger partial charge in [-0.2, -0.15) is 0 Å². The van der Waals surface area contributed by atoms with Gasteiger partial charge in [-0.25, -0.2) is 14.8 Å². The fourth-order valence-corrected chi connectivity index (χ4v) is 3.16. The largest absolute Gasteiger partial charge is 0.365 e. The SMILES string of the molecule is CCn1c(=O)[nH]c2cc3c(NCc4ccccc4)nc(Cl)nc3cc21. The summed E-state index contributed by atoms with van der Waals surface area (Å²) in [6, 6.07) is 13.8. The van der Waals surface area contributed by atoms with E-state index in [9.17, 15) is 4.79 Å². The van der Waals surface area contributed by atoms with E-state index < -0.39 is 0 Å². The van der Waals surface area contributed by atoms with Crippen LogP contribution in [0.25, 0.3) is 21.9 Å². The molecule has 2 aromatic carbocycles. The highest BCUT2D eigenvalue weighted by Gasteiger charge is 2.12. The Balaban J connectivity index is 1.83. The van der Waals surface area contributed by atoms with Crippen molar-refractivity contribution < 1.29 is 0 Å². The molecule has 25 heavy (non-hydrogen) atoms. The molecular formula is C18H16ClN5O. The van der Waals surface area contributed by atoms with Crippen molar-refractivity contribution in [3.63, 3.8) is 0 Å². The summed E-state index contributed by atoms with van der Waals surface area (Å²) in [5.74, 6) is 0.644. The number of imidazole rings is 1. The average molecular weight is 354 g/mol. The van der Waals surface area contributed by atoms with Crippen molar-refractivity contribution in [2.75, 3.05) is 5.32 Å². The van der Waals surface area contributed by atoms with Gasteiger partial charge in [-0.1, -0.05) is 30.3 Å². The van der Waals surface area contributed by atoms with Gasteiger partial charge in [0, 0.05) is 18.5 Å². The molecule has 7 heteroatoms. The Morgan fingerprint density at radius 2 is 2.00 bits per heavy atom. The van der Waals surface area contributed by atoms with Crippen molar-refractivity contribution >= 4 is 39.4 Å². The lowest BCUT2D eigenvalue weighted by molar-refractivity contribution is 0.753. The molecule has 0 amide bonds. The lowest BCUT2D eigenvalue weighted by Gasteiger charge is -2.10. The van der Waals surface area contributed by atoms with E-state index in [1.54, 1.807) is 4.57 Å². The molecule has 0 aliphatic heterocycles. The van der Waals surface area contributed by atoms with E-state index in [1.807, 2.05) is 49.4 Å². The molecule has 0 aliphatic rings. The van der Waals surface area contributed by atoms with Crippen molar-refractivity contribution in [3.05, 3.63) is 63.8 Å². The van der Waals surface area contributed by atoms with Crippen LogP contribution in [0.3, 0.4) is 0 Å². The van der Waals surface area contributed by atoms with Crippen molar-refractivity contribution in [3.8, 4) is 0 Å². The molecule has 4 aromatic rings. The van der Waals surface area contributed by atoms with Gasteiger partial charge in [0.2, 0.25) is 5.28 Å². The minimum atomic E-state index is -0.134. The third-order valence-electron chi connectivity index (χ3n) is 4.18. The first-order valence-corrected chi connectivity index (χ1v) is 8.41. The monoisotopic (exact) mass is 353 g/mol. The van der Waals surface area contributed by atoms with Crippen LogP contribution in [0.4, 0.5) is 5.82 Å². The molecule has 0 radical (unpaired) electrons. The highest BCUT2D eigenvalue weighted by atomic mass is 35.5. The van der Waals surface area contributed by atoms with Gasteiger partial charge in [0.05, 0.1) is 16.6 Å². The van der Waals surface area contributed by atoms with E-state index in [0.29, 0.717) is 24.4 Å². The summed E-state index contributed by atoms with van der Waals surface area (Å²) in [6.45, 7) is 3.13. The Morgan fingerprint density at radius 3 is 2.76 bits per heavy atom. The minimum Gasteiger partial charge on any atom is -0.365 e. The van der Waals surface area contributed by atoms with Gasteiger partial charge in [-0.15, -0.1) is 0 Å². The highest BCUT2D eigenvalue weighted by molar-refractivity contribution is 6.29. The molecule has 0 fully saturated rings. The number of aryl methyl sites for hydroxylation is 1. The first-order valence-electron chi connectivity index (χ1n) is 8.03. The zero-order chi connectivity index (χ0) is 17.4. The van der Waals surface area contributed by atoms with Crippen LogP contribution >= 0.6 is 11.6 Å². The van der Waals surface area contributed by atoms with E-state index in [1.165, 1.54) is 0 Å². The van der Waals surface area contributed by atoms with E-state index in [2.05, 4.69) is 20.3 Å². The molecule has 0 atom stereocenters. The zero-order valence-electron chi connectivity index (χ0n) is 13.6. The molecule has 2 heterocycles. The Bertz CT molecular complexity index is 1120. The van der Waals surface area contributed by atoms with Gasteiger partial charge in [0.1, 0.15) is 5.82 Å². The summed E-state index contributed by atoms with van der Waals surface area (Å²) in [7, 11) is 0. The number of hydrogen-bond donors (Lipinski definition) is 2. The molecule has 0 spiro atoms. The van der Waals surface area contributed by atoms with Gasteiger partial charge in [-0.05, 0) is 36.2 Å². The fraction of sp³-hybridized carbons (Fsp3) is 0.167. The predicted molar refractivity (Wildman–Crippen MR) is 100 cm³/mol. The number of aromatic nitrogens is 4. The molecule has 0 saturated carbocycles. The van der Waals surface area contributed by atoms with Gasteiger partial charge in [-0.3, -0.25) is 4.57 Å². The van der Waals surface area contributed by atoms with Crippen LogP contribution < -0.4 is 11.0 Å². The summed E-state index contributed by atoms with van der Waals surface area (Å²) in [5.41, 5.74) is 3.27. The topological polar surface area (TPSA) is 75.6 Å². The number of fused-ring (bicyclic) bond motifs is 2. The van der Waals surface area contributed by atoms with E-state index >= 15 is 0 Å². The van der Waals surface area contributed by atoms with Gasteiger partial charge in [0.25, 0.3) is 0 Å². The number of benzene rings is 2. The summed E-state index contributed by atoms with van der Waals surface area (Å²) < 4.78 is 1.67. The molecule has 0 bridgehead atoms. The molecule has 2 aromatic heterocycles. The lowest BCUT2D eigenvalue weighted by atomic mass is 10.2.